The molecule has 3 heterocycles. The predicted octanol–water partition coefficient (Wildman–Crippen LogP) is 1.01. The Kier molecular flexibility index (Phi) is 3.54. The van der Waals surface area contributed by atoms with Crippen molar-refractivity contribution in [3.05, 3.63) is 35.1 Å². The summed E-state index contributed by atoms with van der Waals surface area (Å²) in [5.74, 6) is 1.51. The second kappa shape index (κ2) is 5.48. The number of piperidine rings is 1. The van der Waals surface area contributed by atoms with Crippen LogP contribution in [0.25, 0.3) is 0 Å². The Morgan fingerprint density at radius 3 is 2.89 bits per heavy atom. The third kappa shape index (κ3) is 2.81. The summed E-state index contributed by atoms with van der Waals surface area (Å²) in [6, 6.07) is 1.51. The van der Waals surface area contributed by atoms with Crippen LogP contribution in [0.15, 0.2) is 29.6 Å². The Hall–Kier alpha value is -1.76. The summed E-state index contributed by atoms with van der Waals surface area (Å²) in [7, 11) is 0. The molecule has 0 aromatic carbocycles. The van der Waals surface area contributed by atoms with E-state index in [9.17, 15) is 4.79 Å². The molecule has 1 aliphatic rings. The van der Waals surface area contributed by atoms with Crippen LogP contribution in [0.2, 0.25) is 0 Å². The van der Waals surface area contributed by atoms with E-state index in [1.54, 1.807) is 10.9 Å². The van der Waals surface area contributed by atoms with Crippen molar-refractivity contribution in [1.82, 2.24) is 18.3 Å². The SMILES string of the molecule is O=c1ccncn1CC1CCN(c2cnsn2)CC1. The van der Waals surface area contributed by atoms with E-state index in [1.165, 1.54) is 24.0 Å². The van der Waals surface area contributed by atoms with Crippen LogP contribution in [-0.2, 0) is 6.54 Å². The van der Waals surface area contributed by atoms with E-state index in [0.29, 0.717) is 5.92 Å². The molecule has 0 unspecified atom stereocenters. The van der Waals surface area contributed by atoms with Crippen molar-refractivity contribution in [2.75, 3.05) is 18.0 Å². The van der Waals surface area contributed by atoms with Gasteiger partial charge in [0.25, 0.3) is 5.56 Å². The molecule has 2 aromatic rings. The first kappa shape index (κ1) is 12.3. The molecule has 6 nitrogen and oxygen atoms in total. The zero-order valence-electron chi connectivity index (χ0n) is 10.5. The highest BCUT2D eigenvalue weighted by Crippen LogP contribution is 2.22. The van der Waals surface area contributed by atoms with Gasteiger partial charge in [-0.15, -0.1) is 0 Å². The summed E-state index contributed by atoms with van der Waals surface area (Å²) in [6.07, 6.45) is 7.12. The van der Waals surface area contributed by atoms with Gasteiger partial charge < -0.3 is 4.90 Å². The molecule has 0 saturated carbocycles. The van der Waals surface area contributed by atoms with Crippen LogP contribution >= 0.6 is 11.7 Å². The summed E-state index contributed by atoms with van der Waals surface area (Å²) in [6.45, 7) is 2.71. The molecule has 0 spiro atoms. The first-order chi connectivity index (χ1) is 9.33. The maximum absolute atomic E-state index is 11.6. The minimum Gasteiger partial charge on any atom is -0.354 e. The lowest BCUT2D eigenvalue weighted by molar-refractivity contribution is 0.350. The fourth-order valence-corrected chi connectivity index (χ4v) is 2.87. The summed E-state index contributed by atoms with van der Waals surface area (Å²) < 4.78 is 9.98. The average molecular weight is 277 g/mol. The molecule has 0 aliphatic carbocycles. The molecular weight excluding hydrogens is 262 g/mol. The zero-order chi connectivity index (χ0) is 13.1. The van der Waals surface area contributed by atoms with E-state index >= 15 is 0 Å². The molecule has 100 valence electrons. The molecular formula is C12H15N5OS. The molecule has 0 amide bonds. The first-order valence-electron chi connectivity index (χ1n) is 6.36. The third-order valence-electron chi connectivity index (χ3n) is 3.54. The lowest BCUT2D eigenvalue weighted by atomic mass is 9.97. The van der Waals surface area contributed by atoms with E-state index in [1.807, 2.05) is 6.20 Å². The van der Waals surface area contributed by atoms with Crippen LogP contribution in [0, 0.1) is 5.92 Å². The Morgan fingerprint density at radius 1 is 1.37 bits per heavy atom. The Morgan fingerprint density at radius 2 is 2.21 bits per heavy atom. The normalized spacial score (nSPS) is 16.7. The van der Waals surface area contributed by atoms with Gasteiger partial charge in [-0.1, -0.05) is 0 Å². The van der Waals surface area contributed by atoms with E-state index < -0.39 is 0 Å². The number of hydrogen-bond donors (Lipinski definition) is 0. The summed E-state index contributed by atoms with van der Waals surface area (Å²) in [5, 5.41) is 0. The van der Waals surface area contributed by atoms with Crippen LogP contribution < -0.4 is 10.5 Å². The number of aromatic nitrogens is 4. The van der Waals surface area contributed by atoms with Crippen LogP contribution in [0.1, 0.15) is 12.8 Å². The molecule has 19 heavy (non-hydrogen) atoms. The second-order valence-electron chi connectivity index (χ2n) is 4.77. The Bertz CT molecular complexity index is 574. The highest BCUT2D eigenvalue weighted by Gasteiger charge is 2.21. The molecule has 0 N–H and O–H groups in total. The van der Waals surface area contributed by atoms with Crippen molar-refractivity contribution < 1.29 is 0 Å². The van der Waals surface area contributed by atoms with Crippen LogP contribution in [0.5, 0.6) is 0 Å². The van der Waals surface area contributed by atoms with Gasteiger partial charge in [0.2, 0.25) is 0 Å². The van der Waals surface area contributed by atoms with Crippen LogP contribution in [0.4, 0.5) is 5.82 Å². The van der Waals surface area contributed by atoms with Gasteiger partial charge in [0, 0.05) is 31.9 Å². The van der Waals surface area contributed by atoms with Crippen molar-refractivity contribution in [3.8, 4) is 0 Å². The van der Waals surface area contributed by atoms with Gasteiger partial charge in [-0.2, -0.15) is 8.75 Å². The molecule has 1 fully saturated rings. The molecule has 1 aliphatic heterocycles. The predicted molar refractivity (Wildman–Crippen MR) is 73.3 cm³/mol. The monoisotopic (exact) mass is 277 g/mol. The quantitative estimate of drug-likeness (QED) is 0.838. The van der Waals surface area contributed by atoms with Crippen molar-refractivity contribution in [1.29, 1.82) is 0 Å². The van der Waals surface area contributed by atoms with Crippen molar-refractivity contribution in [3.63, 3.8) is 0 Å². The summed E-state index contributed by atoms with van der Waals surface area (Å²) in [5.41, 5.74) is 0.0288. The van der Waals surface area contributed by atoms with E-state index in [4.69, 9.17) is 0 Å². The van der Waals surface area contributed by atoms with Gasteiger partial charge in [0.15, 0.2) is 5.82 Å². The van der Waals surface area contributed by atoms with Crippen molar-refractivity contribution in [2.45, 2.75) is 19.4 Å². The lowest BCUT2D eigenvalue weighted by Gasteiger charge is -2.31. The number of hydrogen-bond acceptors (Lipinski definition) is 6. The van der Waals surface area contributed by atoms with Crippen LogP contribution in [0.3, 0.4) is 0 Å². The second-order valence-corrected chi connectivity index (χ2v) is 5.32. The number of nitrogens with zero attached hydrogens (tertiary/aromatic N) is 5. The van der Waals surface area contributed by atoms with Gasteiger partial charge in [0.1, 0.15) is 0 Å². The minimum absolute atomic E-state index is 0.0288. The maximum atomic E-state index is 11.6. The Labute approximate surface area is 115 Å². The fourth-order valence-electron chi connectivity index (χ4n) is 2.44. The minimum atomic E-state index is 0.0288. The highest BCUT2D eigenvalue weighted by atomic mass is 32.1. The van der Waals surface area contributed by atoms with Gasteiger partial charge >= 0.3 is 0 Å². The third-order valence-corrected chi connectivity index (χ3v) is 4.00. The largest absolute Gasteiger partial charge is 0.354 e. The topological polar surface area (TPSA) is 63.9 Å². The molecule has 2 aromatic heterocycles. The van der Waals surface area contributed by atoms with Gasteiger partial charge in [-0.3, -0.25) is 9.36 Å². The van der Waals surface area contributed by atoms with E-state index in [-0.39, 0.29) is 5.56 Å². The number of anilines is 1. The molecule has 1 saturated heterocycles. The standard InChI is InChI=1S/C12H15N5OS/c18-12-1-4-13-9-17(12)8-10-2-5-16(6-3-10)11-7-14-19-15-11/h1,4,7,9-10H,2-3,5-6,8H2. The molecule has 0 atom stereocenters. The van der Waals surface area contributed by atoms with Gasteiger partial charge in [0.05, 0.1) is 24.3 Å². The molecule has 0 radical (unpaired) electrons. The average Bonchev–Trinajstić information content (AvgIpc) is 2.96. The summed E-state index contributed by atoms with van der Waals surface area (Å²) >= 11 is 1.24. The van der Waals surface area contributed by atoms with Crippen LogP contribution in [-0.4, -0.2) is 31.4 Å². The lowest BCUT2D eigenvalue weighted by Crippen LogP contribution is -2.36. The van der Waals surface area contributed by atoms with Crippen molar-refractivity contribution >= 4 is 17.5 Å². The van der Waals surface area contributed by atoms with Crippen molar-refractivity contribution in [2.24, 2.45) is 5.92 Å². The smallest absolute Gasteiger partial charge is 0.253 e. The summed E-state index contributed by atoms with van der Waals surface area (Å²) in [4.78, 5) is 17.9. The maximum Gasteiger partial charge on any atom is 0.253 e. The van der Waals surface area contributed by atoms with Gasteiger partial charge in [-0.25, -0.2) is 4.98 Å². The molecule has 3 rings (SSSR count). The zero-order valence-corrected chi connectivity index (χ0v) is 11.3. The van der Waals surface area contributed by atoms with E-state index in [2.05, 4.69) is 18.6 Å². The fraction of sp³-hybridized carbons (Fsp3) is 0.500. The molecule has 7 heteroatoms. The molecule has 0 bridgehead atoms. The number of rotatable bonds is 3. The van der Waals surface area contributed by atoms with E-state index in [0.717, 1.165) is 38.3 Å². The highest BCUT2D eigenvalue weighted by molar-refractivity contribution is 6.99. The van der Waals surface area contributed by atoms with Gasteiger partial charge in [-0.05, 0) is 18.8 Å². The Balaban J connectivity index is 1.59. The first-order valence-corrected chi connectivity index (χ1v) is 7.09.